The van der Waals surface area contributed by atoms with Crippen LogP contribution in [0.3, 0.4) is 0 Å². The van der Waals surface area contributed by atoms with Crippen molar-refractivity contribution in [2.24, 2.45) is 0 Å². The zero-order valence-electron chi connectivity index (χ0n) is 11.5. The number of amides is 1. The van der Waals surface area contributed by atoms with Crippen LogP contribution < -0.4 is 15.2 Å². The number of hydrogen-bond acceptors (Lipinski definition) is 5. The van der Waals surface area contributed by atoms with E-state index in [0.717, 1.165) is 0 Å². The van der Waals surface area contributed by atoms with Gasteiger partial charge in [0.15, 0.2) is 9.84 Å². The maximum atomic E-state index is 12.1. The van der Waals surface area contributed by atoms with Gasteiger partial charge in [-0.25, -0.2) is 8.42 Å². The molecule has 0 saturated heterocycles. The maximum absolute atomic E-state index is 12.1. The summed E-state index contributed by atoms with van der Waals surface area (Å²) in [7, 11) is -3.30. The highest BCUT2D eigenvalue weighted by atomic mass is 32.2. The van der Waals surface area contributed by atoms with Crippen LogP contribution in [0.5, 0.6) is 5.75 Å². The molecule has 7 heteroatoms. The van der Waals surface area contributed by atoms with Crippen molar-refractivity contribution in [2.45, 2.75) is 30.4 Å². The number of nitrogens with one attached hydrogen (secondary N) is 1. The standard InChI is InChI=1S/C13H19NO5S/c1-3-10(2)20(17,18)12-6-4-11(5-7-12)19-9-8-14-13(15)16/h4-7,10,14H,3,8-9H2,1-2H3,(H,15,16)/p-1. The third kappa shape index (κ3) is 4.41. The third-order valence-corrected chi connectivity index (χ3v) is 5.22. The summed E-state index contributed by atoms with van der Waals surface area (Å²) in [4.78, 5) is 10.4. The highest BCUT2D eigenvalue weighted by Gasteiger charge is 2.21. The molecule has 0 aliphatic rings. The molecule has 0 spiro atoms. The van der Waals surface area contributed by atoms with Gasteiger partial charge in [0.05, 0.1) is 16.7 Å². The van der Waals surface area contributed by atoms with E-state index in [-0.39, 0.29) is 18.0 Å². The summed E-state index contributed by atoms with van der Waals surface area (Å²) in [5.74, 6) is 0.480. The van der Waals surface area contributed by atoms with Gasteiger partial charge in [-0.3, -0.25) is 0 Å². The van der Waals surface area contributed by atoms with Crippen LogP contribution in [0.25, 0.3) is 0 Å². The van der Waals surface area contributed by atoms with Gasteiger partial charge in [0, 0.05) is 0 Å². The minimum atomic E-state index is -3.30. The first-order valence-corrected chi connectivity index (χ1v) is 7.84. The zero-order chi connectivity index (χ0) is 15.2. The Hall–Kier alpha value is -1.76. The van der Waals surface area contributed by atoms with Gasteiger partial charge < -0.3 is 20.0 Å². The van der Waals surface area contributed by atoms with Crippen LogP contribution in [-0.2, 0) is 9.84 Å². The van der Waals surface area contributed by atoms with Crippen LogP contribution in [0.2, 0.25) is 0 Å². The predicted molar refractivity (Wildman–Crippen MR) is 72.3 cm³/mol. The Morgan fingerprint density at radius 2 is 1.95 bits per heavy atom. The van der Waals surface area contributed by atoms with Gasteiger partial charge in [0.1, 0.15) is 18.4 Å². The fourth-order valence-corrected chi connectivity index (χ4v) is 2.92. The lowest BCUT2D eigenvalue weighted by molar-refractivity contribution is -0.250. The van der Waals surface area contributed by atoms with Gasteiger partial charge in [0.25, 0.3) is 0 Å². The fraction of sp³-hybridized carbons (Fsp3) is 0.462. The first-order chi connectivity index (χ1) is 9.37. The number of ether oxygens (including phenoxy) is 1. The number of rotatable bonds is 7. The lowest BCUT2D eigenvalue weighted by atomic mass is 10.3. The highest BCUT2D eigenvalue weighted by molar-refractivity contribution is 7.92. The van der Waals surface area contributed by atoms with Crippen molar-refractivity contribution in [3.05, 3.63) is 24.3 Å². The molecule has 0 fully saturated rings. The molecule has 1 amide bonds. The maximum Gasteiger partial charge on any atom is 0.180 e. The summed E-state index contributed by atoms with van der Waals surface area (Å²) in [5.41, 5.74) is 0. The molecule has 0 aliphatic heterocycles. The van der Waals surface area contributed by atoms with Crippen LogP contribution >= 0.6 is 0 Å². The molecule has 112 valence electrons. The van der Waals surface area contributed by atoms with Gasteiger partial charge in [0.2, 0.25) is 0 Å². The Kier molecular flexibility index (Phi) is 5.82. The largest absolute Gasteiger partial charge is 0.530 e. The van der Waals surface area contributed by atoms with Crippen molar-refractivity contribution in [1.82, 2.24) is 5.32 Å². The molecule has 1 atom stereocenters. The molecule has 1 rings (SSSR count). The van der Waals surface area contributed by atoms with Crippen LogP contribution in [0, 0.1) is 0 Å². The summed E-state index contributed by atoms with van der Waals surface area (Å²) >= 11 is 0. The summed E-state index contributed by atoms with van der Waals surface area (Å²) in [6, 6.07) is 6.08. The molecule has 0 aromatic heterocycles. The van der Waals surface area contributed by atoms with E-state index in [1.54, 1.807) is 19.1 Å². The van der Waals surface area contributed by atoms with Gasteiger partial charge in [-0.1, -0.05) is 6.92 Å². The highest BCUT2D eigenvalue weighted by Crippen LogP contribution is 2.21. The average molecular weight is 300 g/mol. The molecule has 20 heavy (non-hydrogen) atoms. The summed E-state index contributed by atoms with van der Waals surface area (Å²) in [6.07, 6.45) is -0.807. The Bertz CT molecular complexity index is 538. The molecule has 1 aromatic rings. The number of carboxylic acid groups (broad SMARTS) is 1. The van der Waals surface area contributed by atoms with Crippen molar-refractivity contribution in [2.75, 3.05) is 13.2 Å². The lowest BCUT2D eigenvalue weighted by Gasteiger charge is -2.12. The summed E-state index contributed by atoms with van der Waals surface area (Å²) < 4.78 is 29.4. The van der Waals surface area contributed by atoms with Crippen molar-refractivity contribution in [1.29, 1.82) is 0 Å². The van der Waals surface area contributed by atoms with Crippen molar-refractivity contribution in [3.8, 4) is 5.75 Å². The number of sulfone groups is 1. The quantitative estimate of drug-likeness (QED) is 0.743. The van der Waals surface area contributed by atoms with E-state index >= 15 is 0 Å². The minimum Gasteiger partial charge on any atom is -0.530 e. The minimum absolute atomic E-state index is 0.106. The van der Waals surface area contributed by atoms with E-state index in [0.29, 0.717) is 12.2 Å². The molecule has 1 aromatic carbocycles. The fourth-order valence-electron chi connectivity index (χ4n) is 1.50. The smallest absolute Gasteiger partial charge is 0.180 e. The van der Waals surface area contributed by atoms with E-state index in [2.05, 4.69) is 5.32 Å². The SMILES string of the molecule is CCC(C)S(=O)(=O)c1ccc(OCCNC(=O)[O-])cc1. The lowest BCUT2D eigenvalue weighted by Crippen LogP contribution is -2.38. The average Bonchev–Trinajstić information content (AvgIpc) is 2.43. The van der Waals surface area contributed by atoms with Crippen LogP contribution in [-0.4, -0.2) is 32.9 Å². The normalized spacial score (nSPS) is 12.7. The second-order valence-corrected chi connectivity index (χ2v) is 6.66. The van der Waals surface area contributed by atoms with Gasteiger partial charge in [-0.05, 0) is 37.6 Å². The van der Waals surface area contributed by atoms with Gasteiger partial charge in [-0.2, -0.15) is 0 Å². The number of carbonyl (C=O) groups is 1. The number of hydrogen-bond donors (Lipinski definition) is 1. The molecule has 1 unspecified atom stereocenters. The summed E-state index contributed by atoms with van der Waals surface area (Å²) in [6.45, 7) is 3.75. The molecule has 0 bridgehead atoms. The van der Waals surface area contributed by atoms with Crippen LogP contribution in [0.15, 0.2) is 29.2 Å². The van der Waals surface area contributed by atoms with Crippen molar-refractivity contribution >= 4 is 15.9 Å². The second-order valence-electron chi connectivity index (χ2n) is 4.30. The van der Waals surface area contributed by atoms with Gasteiger partial charge in [-0.15, -0.1) is 0 Å². The van der Waals surface area contributed by atoms with Crippen LogP contribution in [0.4, 0.5) is 4.79 Å². The Balaban J connectivity index is 2.63. The topological polar surface area (TPSA) is 95.5 Å². The van der Waals surface area contributed by atoms with E-state index in [1.807, 2.05) is 6.92 Å². The Morgan fingerprint density at radius 1 is 1.35 bits per heavy atom. The molecule has 6 nitrogen and oxygen atoms in total. The molecule has 1 N–H and O–H groups in total. The molecular formula is C13H18NO5S-. The zero-order valence-corrected chi connectivity index (χ0v) is 12.3. The van der Waals surface area contributed by atoms with Crippen molar-refractivity contribution < 1.29 is 23.1 Å². The second kappa shape index (κ2) is 7.14. The Labute approximate surface area is 118 Å². The molecular weight excluding hydrogens is 282 g/mol. The predicted octanol–water partition coefficient (Wildman–Crippen LogP) is 0.570. The number of benzene rings is 1. The van der Waals surface area contributed by atoms with Crippen molar-refractivity contribution in [3.63, 3.8) is 0 Å². The Morgan fingerprint density at radius 3 is 2.45 bits per heavy atom. The van der Waals surface area contributed by atoms with E-state index in [1.165, 1.54) is 12.1 Å². The van der Waals surface area contributed by atoms with Crippen LogP contribution in [0.1, 0.15) is 20.3 Å². The first-order valence-electron chi connectivity index (χ1n) is 6.29. The monoisotopic (exact) mass is 300 g/mol. The third-order valence-electron chi connectivity index (χ3n) is 2.90. The molecule has 0 radical (unpaired) electrons. The molecule has 0 heterocycles. The molecule has 0 aliphatic carbocycles. The van der Waals surface area contributed by atoms with E-state index in [9.17, 15) is 18.3 Å². The summed E-state index contributed by atoms with van der Waals surface area (Å²) in [5, 5.41) is 11.7. The van der Waals surface area contributed by atoms with Gasteiger partial charge >= 0.3 is 0 Å². The number of carbonyl (C=O) groups excluding carboxylic acids is 1. The first kappa shape index (κ1) is 16.3. The molecule has 0 saturated carbocycles. The van der Waals surface area contributed by atoms with E-state index < -0.39 is 21.2 Å². The van der Waals surface area contributed by atoms with E-state index in [4.69, 9.17) is 4.74 Å².